The smallest absolute Gasteiger partial charge is 0.0871 e. The topological polar surface area (TPSA) is 27.0 Å². The summed E-state index contributed by atoms with van der Waals surface area (Å²) in [6.07, 6.45) is 6.52. The molecule has 1 aliphatic carbocycles. The highest BCUT2D eigenvalue weighted by Crippen LogP contribution is 2.23. The van der Waals surface area contributed by atoms with E-state index in [2.05, 4.69) is 35.2 Å². The second-order valence-corrected chi connectivity index (χ2v) is 4.84. The molecular weight excluding hydrogens is 208 g/mol. The van der Waals surface area contributed by atoms with Gasteiger partial charge < -0.3 is 0 Å². The first kappa shape index (κ1) is 12.1. The third kappa shape index (κ3) is 3.57. The molecule has 0 spiro atoms. The summed E-state index contributed by atoms with van der Waals surface area (Å²) in [6, 6.07) is 13.4. The molecule has 0 unspecified atom stereocenters. The molecule has 1 aromatic carbocycles. The van der Waals surface area contributed by atoms with Crippen molar-refractivity contribution in [3.05, 3.63) is 35.9 Å². The van der Waals surface area contributed by atoms with E-state index in [0.29, 0.717) is 12.6 Å². The van der Waals surface area contributed by atoms with Crippen LogP contribution in [-0.2, 0) is 6.54 Å². The van der Waals surface area contributed by atoms with E-state index in [9.17, 15) is 0 Å². The SMILES string of the molecule is N#CCN(Cc1ccccc1)C1CCCCC1. The van der Waals surface area contributed by atoms with Crippen molar-refractivity contribution in [1.82, 2.24) is 4.90 Å². The Labute approximate surface area is 104 Å². The van der Waals surface area contributed by atoms with Gasteiger partial charge in [0.25, 0.3) is 0 Å². The van der Waals surface area contributed by atoms with Crippen LogP contribution in [0.5, 0.6) is 0 Å². The summed E-state index contributed by atoms with van der Waals surface area (Å²) in [5.41, 5.74) is 1.31. The summed E-state index contributed by atoms with van der Waals surface area (Å²) in [7, 11) is 0. The zero-order valence-corrected chi connectivity index (χ0v) is 10.3. The molecule has 1 saturated carbocycles. The lowest BCUT2D eigenvalue weighted by Crippen LogP contribution is -2.36. The van der Waals surface area contributed by atoms with Gasteiger partial charge in [0.1, 0.15) is 0 Å². The van der Waals surface area contributed by atoms with Crippen molar-refractivity contribution in [3.8, 4) is 6.07 Å². The first-order chi connectivity index (χ1) is 8.40. The van der Waals surface area contributed by atoms with Crippen molar-refractivity contribution in [3.63, 3.8) is 0 Å². The number of hydrogen-bond acceptors (Lipinski definition) is 2. The summed E-state index contributed by atoms with van der Waals surface area (Å²) in [5.74, 6) is 0. The van der Waals surface area contributed by atoms with Gasteiger partial charge in [0.15, 0.2) is 0 Å². The lowest BCUT2D eigenvalue weighted by Gasteiger charge is -2.32. The van der Waals surface area contributed by atoms with E-state index < -0.39 is 0 Å². The molecule has 0 aliphatic heterocycles. The van der Waals surface area contributed by atoms with Crippen LogP contribution in [0.3, 0.4) is 0 Å². The Balaban J connectivity index is 1.99. The van der Waals surface area contributed by atoms with E-state index in [-0.39, 0.29) is 0 Å². The fourth-order valence-corrected chi connectivity index (χ4v) is 2.67. The molecule has 0 aromatic heterocycles. The van der Waals surface area contributed by atoms with Crippen LogP contribution in [-0.4, -0.2) is 17.5 Å². The Morgan fingerprint density at radius 3 is 2.47 bits per heavy atom. The van der Waals surface area contributed by atoms with Gasteiger partial charge in [-0.2, -0.15) is 5.26 Å². The van der Waals surface area contributed by atoms with Crippen LogP contribution < -0.4 is 0 Å². The summed E-state index contributed by atoms with van der Waals surface area (Å²) < 4.78 is 0. The average molecular weight is 228 g/mol. The molecule has 0 heterocycles. The molecule has 0 radical (unpaired) electrons. The number of benzene rings is 1. The molecule has 2 nitrogen and oxygen atoms in total. The van der Waals surface area contributed by atoms with Crippen molar-refractivity contribution in [2.75, 3.05) is 6.54 Å². The molecular formula is C15H20N2. The molecule has 0 bridgehead atoms. The van der Waals surface area contributed by atoms with Crippen LogP contribution in [0.2, 0.25) is 0 Å². The minimum Gasteiger partial charge on any atom is -0.283 e. The van der Waals surface area contributed by atoms with Gasteiger partial charge in [0.2, 0.25) is 0 Å². The molecule has 1 aliphatic rings. The number of rotatable bonds is 4. The molecule has 90 valence electrons. The van der Waals surface area contributed by atoms with Gasteiger partial charge in [0, 0.05) is 12.6 Å². The first-order valence-corrected chi connectivity index (χ1v) is 6.55. The maximum Gasteiger partial charge on any atom is 0.0871 e. The molecule has 1 fully saturated rings. The second-order valence-electron chi connectivity index (χ2n) is 4.84. The summed E-state index contributed by atoms with van der Waals surface area (Å²) >= 11 is 0. The summed E-state index contributed by atoms with van der Waals surface area (Å²) in [6.45, 7) is 1.47. The summed E-state index contributed by atoms with van der Waals surface area (Å²) in [5, 5.41) is 8.95. The fraction of sp³-hybridized carbons (Fsp3) is 0.533. The quantitative estimate of drug-likeness (QED) is 0.739. The van der Waals surface area contributed by atoms with Gasteiger partial charge in [-0.25, -0.2) is 0 Å². The van der Waals surface area contributed by atoms with Gasteiger partial charge in [-0.05, 0) is 18.4 Å². The van der Waals surface area contributed by atoms with Crippen LogP contribution in [0.25, 0.3) is 0 Å². The predicted octanol–water partition coefficient (Wildman–Crippen LogP) is 3.34. The molecule has 0 amide bonds. The first-order valence-electron chi connectivity index (χ1n) is 6.55. The summed E-state index contributed by atoms with van der Waals surface area (Å²) in [4.78, 5) is 2.34. The van der Waals surface area contributed by atoms with Crippen LogP contribution >= 0.6 is 0 Å². The molecule has 0 N–H and O–H groups in total. The van der Waals surface area contributed by atoms with E-state index in [1.54, 1.807) is 0 Å². The van der Waals surface area contributed by atoms with Gasteiger partial charge in [-0.3, -0.25) is 4.90 Å². The third-order valence-corrected chi connectivity index (χ3v) is 3.59. The molecule has 0 atom stereocenters. The van der Waals surface area contributed by atoms with Gasteiger partial charge in [-0.1, -0.05) is 49.6 Å². The predicted molar refractivity (Wildman–Crippen MR) is 69.3 cm³/mol. The fourth-order valence-electron chi connectivity index (χ4n) is 2.67. The Hall–Kier alpha value is -1.33. The van der Waals surface area contributed by atoms with E-state index in [4.69, 9.17) is 5.26 Å². The van der Waals surface area contributed by atoms with Gasteiger partial charge in [-0.15, -0.1) is 0 Å². The Morgan fingerprint density at radius 2 is 1.82 bits per heavy atom. The van der Waals surface area contributed by atoms with Crippen LogP contribution in [0, 0.1) is 11.3 Å². The average Bonchev–Trinajstić information content (AvgIpc) is 2.40. The normalized spacial score (nSPS) is 16.9. The molecule has 2 rings (SSSR count). The van der Waals surface area contributed by atoms with Crippen molar-refractivity contribution in [1.29, 1.82) is 5.26 Å². The van der Waals surface area contributed by atoms with E-state index in [1.165, 1.54) is 37.7 Å². The lowest BCUT2D eigenvalue weighted by molar-refractivity contribution is 0.166. The van der Waals surface area contributed by atoms with E-state index >= 15 is 0 Å². The maximum atomic E-state index is 8.95. The van der Waals surface area contributed by atoms with E-state index in [0.717, 1.165) is 6.54 Å². The molecule has 0 saturated heterocycles. The Bertz CT molecular complexity index is 360. The highest BCUT2D eigenvalue weighted by Gasteiger charge is 2.20. The minimum atomic E-state index is 0.555. The minimum absolute atomic E-state index is 0.555. The highest BCUT2D eigenvalue weighted by molar-refractivity contribution is 5.14. The number of nitrogens with zero attached hydrogens (tertiary/aromatic N) is 2. The number of nitriles is 1. The van der Waals surface area contributed by atoms with Crippen molar-refractivity contribution in [2.24, 2.45) is 0 Å². The Morgan fingerprint density at radius 1 is 1.12 bits per heavy atom. The van der Waals surface area contributed by atoms with Crippen molar-refractivity contribution in [2.45, 2.75) is 44.7 Å². The zero-order chi connectivity index (χ0) is 11.9. The van der Waals surface area contributed by atoms with Crippen LogP contribution in [0.1, 0.15) is 37.7 Å². The Kier molecular flexibility index (Phi) is 4.58. The van der Waals surface area contributed by atoms with E-state index in [1.807, 2.05) is 6.07 Å². The van der Waals surface area contributed by atoms with Crippen LogP contribution in [0.15, 0.2) is 30.3 Å². The zero-order valence-electron chi connectivity index (χ0n) is 10.3. The van der Waals surface area contributed by atoms with Crippen molar-refractivity contribution >= 4 is 0 Å². The maximum absolute atomic E-state index is 8.95. The monoisotopic (exact) mass is 228 g/mol. The highest BCUT2D eigenvalue weighted by atomic mass is 15.1. The number of hydrogen-bond donors (Lipinski definition) is 0. The van der Waals surface area contributed by atoms with Crippen molar-refractivity contribution < 1.29 is 0 Å². The second kappa shape index (κ2) is 6.42. The molecule has 2 heteroatoms. The standard InChI is InChI=1S/C15H20N2/c16-11-12-17(15-9-5-2-6-10-15)13-14-7-3-1-4-8-14/h1,3-4,7-8,15H,2,5-6,9-10,12-13H2. The van der Waals surface area contributed by atoms with Crippen LogP contribution in [0.4, 0.5) is 0 Å². The van der Waals surface area contributed by atoms with Gasteiger partial charge >= 0.3 is 0 Å². The lowest BCUT2D eigenvalue weighted by atomic mass is 9.94. The third-order valence-electron chi connectivity index (χ3n) is 3.59. The van der Waals surface area contributed by atoms with Gasteiger partial charge in [0.05, 0.1) is 12.6 Å². The largest absolute Gasteiger partial charge is 0.283 e. The molecule has 17 heavy (non-hydrogen) atoms. The molecule has 1 aromatic rings.